The summed E-state index contributed by atoms with van der Waals surface area (Å²) in [6.45, 7) is 1.82. The first-order valence-corrected chi connectivity index (χ1v) is 6.04. The van der Waals surface area contributed by atoms with Crippen LogP contribution in [-0.4, -0.2) is 24.3 Å². The summed E-state index contributed by atoms with van der Waals surface area (Å²) in [4.78, 5) is 23.5. The van der Waals surface area contributed by atoms with Gasteiger partial charge in [0.15, 0.2) is 11.6 Å². The van der Waals surface area contributed by atoms with Crippen LogP contribution in [0.2, 0.25) is 0 Å². The van der Waals surface area contributed by atoms with Crippen LogP contribution in [0.3, 0.4) is 0 Å². The van der Waals surface area contributed by atoms with Crippen LogP contribution < -0.4 is 0 Å². The molecule has 2 rings (SSSR count). The van der Waals surface area contributed by atoms with Crippen molar-refractivity contribution >= 4 is 27.5 Å². The first-order chi connectivity index (χ1) is 8.09. The predicted octanol–water partition coefficient (Wildman–Crippen LogP) is 2.55. The molecule has 17 heavy (non-hydrogen) atoms. The highest BCUT2D eigenvalue weighted by Crippen LogP contribution is 2.23. The Balaban J connectivity index is 2.38. The highest BCUT2D eigenvalue weighted by molar-refractivity contribution is 9.10. The number of carbonyl (C=O) groups is 2. The molecule has 0 bridgehead atoms. The van der Waals surface area contributed by atoms with Crippen molar-refractivity contribution in [2.24, 2.45) is 0 Å². The molecular formula is C13H11BrO3. The summed E-state index contributed by atoms with van der Waals surface area (Å²) in [5.41, 5.74) is 0.956. The van der Waals surface area contributed by atoms with Crippen LogP contribution in [0, 0.1) is 0 Å². The zero-order valence-electron chi connectivity index (χ0n) is 9.27. The zero-order valence-corrected chi connectivity index (χ0v) is 10.9. The molecule has 0 spiro atoms. The van der Waals surface area contributed by atoms with E-state index in [0.29, 0.717) is 11.1 Å². The van der Waals surface area contributed by atoms with Crippen molar-refractivity contribution in [1.82, 2.24) is 0 Å². The minimum Gasteiger partial charge on any atom is -0.366 e. The summed E-state index contributed by atoms with van der Waals surface area (Å²) in [6.07, 6.45) is 1.04. The summed E-state index contributed by atoms with van der Waals surface area (Å²) >= 11 is 3.32. The molecule has 0 aromatic heterocycles. The van der Waals surface area contributed by atoms with Gasteiger partial charge in [0.25, 0.3) is 0 Å². The van der Waals surface area contributed by atoms with E-state index in [-0.39, 0.29) is 24.3 Å². The highest BCUT2D eigenvalue weighted by Gasteiger charge is 2.25. The highest BCUT2D eigenvalue weighted by atomic mass is 79.9. The van der Waals surface area contributed by atoms with Crippen molar-refractivity contribution in [3.8, 4) is 0 Å². The average Bonchev–Trinajstić information content (AvgIpc) is 2.32. The second kappa shape index (κ2) is 4.94. The minimum absolute atomic E-state index is 0.0495. The number of hydrogen-bond acceptors (Lipinski definition) is 3. The lowest BCUT2D eigenvalue weighted by molar-refractivity contribution is -0.121. The Morgan fingerprint density at radius 3 is 2.82 bits per heavy atom. The van der Waals surface area contributed by atoms with Gasteiger partial charge in [-0.05, 0) is 25.1 Å². The number of Topliss-reactive ketones (excluding diaryl/α,β-unsaturated/α-hetero) is 1. The summed E-state index contributed by atoms with van der Waals surface area (Å²) in [7, 11) is 0. The molecule has 0 radical (unpaired) electrons. The van der Waals surface area contributed by atoms with Crippen molar-refractivity contribution in [2.45, 2.75) is 13.0 Å². The molecule has 0 saturated heterocycles. The Bertz CT molecular complexity index is 505. The first kappa shape index (κ1) is 12.2. The molecule has 1 heterocycles. The third-order valence-electron chi connectivity index (χ3n) is 2.61. The van der Waals surface area contributed by atoms with Gasteiger partial charge >= 0.3 is 0 Å². The Morgan fingerprint density at radius 2 is 2.12 bits per heavy atom. The number of benzene rings is 1. The van der Waals surface area contributed by atoms with E-state index >= 15 is 0 Å². The maximum Gasteiger partial charge on any atom is 0.192 e. The summed E-state index contributed by atoms with van der Waals surface area (Å²) < 4.78 is 5.95. The standard InChI is InChI=1S/C13H11BrO3/c1-8-11(6-9(15)7-17-8)13(16)10-4-2-3-5-12(10)14/h2-6,8H,7H2,1H3. The van der Waals surface area contributed by atoms with Gasteiger partial charge in [0.2, 0.25) is 0 Å². The van der Waals surface area contributed by atoms with Crippen molar-refractivity contribution in [3.05, 3.63) is 46.0 Å². The van der Waals surface area contributed by atoms with Gasteiger partial charge in [-0.1, -0.05) is 28.1 Å². The third-order valence-corrected chi connectivity index (χ3v) is 3.30. The molecule has 1 aliphatic rings. The van der Waals surface area contributed by atoms with Crippen LogP contribution >= 0.6 is 15.9 Å². The molecule has 0 amide bonds. The van der Waals surface area contributed by atoms with E-state index in [1.165, 1.54) is 6.08 Å². The topological polar surface area (TPSA) is 43.4 Å². The van der Waals surface area contributed by atoms with Crippen molar-refractivity contribution < 1.29 is 14.3 Å². The predicted molar refractivity (Wildman–Crippen MR) is 67.0 cm³/mol. The second-order valence-corrected chi connectivity index (χ2v) is 4.68. The monoisotopic (exact) mass is 294 g/mol. The lowest BCUT2D eigenvalue weighted by atomic mass is 9.97. The van der Waals surface area contributed by atoms with Gasteiger partial charge < -0.3 is 4.74 Å². The number of halogens is 1. The van der Waals surface area contributed by atoms with Gasteiger partial charge in [0.1, 0.15) is 6.61 Å². The molecule has 0 fully saturated rings. The maximum atomic E-state index is 12.2. The van der Waals surface area contributed by atoms with Gasteiger partial charge in [0, 0.05) is 15.6 Å². The summed E-state index contributed by atoms with van der Waals surface area (Å²) in [5, 5.41) is 0. The molecule has 1 unspecified atom stereocenters. The van der Waals surface area contributed by atoms with Crippen molar-refractivity contribution in [1.29, 1.82) is 0 Å². The fourth-order valence-electron chi connectivity index (χ4n) is 1.68. The Morgan fingerprint density at radius 1 is 1.41 bits per heavy atom. The number of hydrogen-bond donors (Lipinski definition) is 0. The quantitative estimate of drug-likeness (QED) is 0.788. The van der Waals surface area contributed by atoms with Gasteiger partial charge in [-0.15, -0.1) is 0 Å². The SMILES string of the molecule is CC1OCC(=O)C=C1C(=O)c1ccccc1Br. The molecule has 4 heteroatoms. The number of ether oxygens (including phenoxy) is 1. The van der Waals surface area contributed by atoms with Crippen LogP contribution in [0.25, 0.3) is 0 Å². The summed E-state index contributed by atoms with van der Waals surface area (Å²) in [5.74, 6) is -0.337. The fraction of sp³-hybridized carbons (Fsp3) is 0.231. The minimum atomic E-state index is -0.340. The number of carbonyl (C=O) groups excluding carboxylic acids is 2. The Hall–Kier alpha value is -1.26. The van der Waals surface area contributed by atoms with E-state index in [2.05, 4.69) is 15.9 Å². The van der Waals surface area contributed by atoms with Crippen LogP contribution in [0.15, 0.2) is 40.4 Å². The lowest BCUT2D eigenvalue weighted by Gasteiger charge is -2.19. The molecule has 3 nitrogen and oxygen atoms in total. The average molecular weight is 295 g/mol. The third kappa shape index (κ3) is 2.53. The molecule has 1 aromatic carbocycles. The molecular weight excluding hydrogens is 284 g/mol. The van der Waals surface area contributed by atoms with E-state index in [1.54, 1.807) is 25.1 Å². The Kier molecular flexibility index (Phi) is 3.54. The zero-order chi connectivity index (χ0) is 12.4. The summed E-state index contributed by atoms with van der Waals surface area (Å²) in [6, 6.07) is 7.14. The lowest BCUT2D eigenvalue weighted by Crippen LogP contribution is -2.27. The van der Waals surface area contributed by atoms with Gasteiger partial charge in [-0.25, -0.2) is 0 Å². The van der Waals surface area contributed by atoms with Crippen LogP contribution in [0.1, 0.15) is 17.3 Å². The van der Waals surface area contributed by atoms with Crippen LogP contribution in [-0.2, 0) is 9.53 Å². The molecule has 1 atom stereocenters. The van der Waals surface area contributed by atoms with Crippen LogP contribution in [0.4, 0.5) is 0 Å². The van der Waals surface area contributed by atoms with Gasteiger partial charge in [-0.3, -0.25) is 9.59 Å². The van der Waals surface area contributed by atoms with Crippen LogP contribution in [0.5, 0.6) is 0 Å². The normalized spacial score (nSPS) is 20.0. The molecule has 0 saturated carbocycles. The number of rotatable bonds is 2. The van der Waals surface area contributed by atoms with E-state index in [0.717, 1.165) is 4.47 Å². The van der Waals surface area contributed by atoms with E-state index in [4.69, 9.17) is 4.74 Å². The largest absolute Gasteiger partial charge is 0.366 e. The van der Waals surface area contributed by atoms with Gasteiger partial charge in [0.05, 0.1) is 6.10 Å². The van der Waals surface area contributed by atoms with E-state index < -0.39 is 0 Å². The molecule has 1 aromatic rings. The first-order valence-electron chi connectivity index (χ1n) is 5.25. The van der Waals surface area contributed by atoms with Gasteiger partial charge in [-0.2, -0.15) is 0 Å². The van der Waals surface area contributed by atoms with Crippen molar-refractivity contribution in [3.63, 3.8) is 0 Å². The van der Waals surface area contributed by atoms with E-state index in [9.17, 15) is 9.59 Å². The number of ketones is 2. The molecule has 1 aliphatic heterocycles. The molecule has 88 valence electrons. The van der Waals surface area contributed by atoms with Crippen molar-refractivity contribution in [2.75, 3.05) is 6.61 Å². The Labute approximate surface area is 108 Å². The smallest absolute Gasteiger partial charge is 0.192 e. The van der Waals surface area contributed by atoms with E-state index in [1.807, 2.05) is 6.07 Å². The molecule has 0 N–H and O–H groups in total. The maximum absolute atomic E-state index is 12.2. The second-order valence-electron chi connectivity index (χ2n) is 3.83. The fourth-order valence-corrected chi connectivity index (χ4v) is 2.15. The molecule has 0 aliphatic carbocycles.